The number of rotatable bonds is 6. The minimum absolute atomic E-state index is 0.0854. The minimum Gasteiger partial charge on any atom is -0.461 e. The van der Waals surface area contributed by atoms with Crippen LogP contribution in [0.2, 0.25) is 0 Å². The predicted molar refractivity (Wildman–Crippen MR) is 104 cm³/mol. The van der Waals surface area contributed by atoms with Crippen LogP contribution >= 0.6 is 0 Å². The van der Waals surface area contributed by atoms with Crippen molar-refractivity contribution in [1.29, 1.82) is 0 Å². The first kappa shape index (κ1) is 19.1. The molecule has 1 N–H and O–H groups in total. The number of carbonyl (C=O) groups is 2. The fourth-order valence-electron chi connectivity index (χ4n) is 3.50. The van der Waals surface area contributed by atoms with E-state index in [0.29, 0.717) is 0 Å². The molecule has 1 amide bonds. The van der Waals surface area contributed by atoms with Crippen molar-refractivity contribution in [2.24, 2.45) is 0 Å². The Bertz CT molecular complexity index is 832. The van der Waals surface area contributed by atoms with Gasteiger partial charge in [0.05, 0.1) is 12.6 Å². The maximum absolute atomic E-state index is 12.7. The van der Waals surface area contributed by atoms with Gasteiger partial charge in [0.15, 0.2) is 0 Å². The number of nitrogens with zero attached hydrogens (tertiary/aromatic N) is 1. The quantitative estimate of drug-likeness (QED) is 0.784. The average molecular weight is 366 g/mol. The Morgan fingerprint density at radius 3 is 2.56 bits per heavy atom. The lowest BCUT2D eigenvalue weighted by atomic mass is 9.89. The van der Waals surface area contributed by atoms with E-state index in [2.05, 4.69) is 28.5 Å². The molecule has 0 saturated carbocycles. The van der Waals surface area contributed by atoms with E-state index in [0.717, 1.165) is 24.8 Å². The molecule has 3 rings (SSSR count). The van der Waals surface area contributed by atoms with E-state index >= 15 is 0 Å². The Labute approximate surface area is 160 Å². The zero-order chi connectivity index (χ0) is 19.2. The molecule has 1 atom stereocenters. The number of ether oxygens (including phenoxy) is 1. The van der Waals surface area contributed by atoms with Gasteiger partial charge >= 0.3 is 5.97 Å². The Morgan fingerprint density at radius 1 is 1.07 bits per heavy atom. The fraction of sp³-hybridized carbons (Fsp3) is 0.409. The highest BCUT2D eigenvalue weighted by atomic mass is 16.5. The summed E-state index contributed by atoms with van der Waals surface area (Å²) < 4.78 is 4.95. The molecule has 5 nitrogen and oxygen atoms in total. The van der Waals surface area contributed by atoms with E-state index in [1.165, 1.54) is 24.0 Å². The number of carbonyl (C=O) groups excluding carboxylic acids is 2. The van der Waals surface area contributed by atoms with Gasteiger partial charge in [0.2, 0.25) is 0 Å². The van der Waals surface area contributed by atoms with Crippen LogP contribution < -0.4 is 5.32 Å². The lowest BCUT2D eigenvalue weighted by Gasteiger charge is -2.21. The molecule has 27 heavy (non-hydrogen) atoms. The highest BCUT2D eigenvalue weighted by Gasteiger charge is 2.19. The third-order valence-electron chi connectivity index (χ3n) is 4.95. The number of esters is 1. The summed E-state index contributed by atoms with van der Waals surface area (Å²) in [4.78, 5) is 28.7. The molecule has 142 valence electrons. The van der Waals surface area contributed by atoms with E-state index < -0.39 is 5.97 Å². The van der Waals surface area contributed by atoms with Crippen molar-refractivity contribution in [1.82, 2.24) is 10.3 Å². The minimum atomic E-state index is -0.520. The van der Waals surface area contributed by atoms with Crippen molar-refractivity contribution in [3.63, 3.8) is 0 Å². The Kier molecular flexibility index (Phi) is 6.22. The summed E-state index contributed by atoms with van der Waals surface area (Å²) in [6.45, 7) is 4.05. The van der Waals surface area contributed by atoms with Crippen LogP contribution in [0.25, 0.3) is 0 Å². The first-order valence-corrected chi connectivity index (χ1v) is 9.69. The molecule has 0 fully saturated rings. The molecule has 0 aliphatic heterocycles. The van der Waals surface area contributed by atoms with E-state index in [1.807, 2.05) is 6.92 Å². The molecule has 1 aliphatic carbocycles. The predicted octanol–water partition coefficient (Wildman–Crippen LogP) is 4.02. The SMILES string of the molecule is CCOC(=O)c1cccc(C(=O)NC(CC)c2ccc3c(c2)CCCC3)n1. The highest BCUT2D eigenvalue weighted by molar-refractivity contribution is 5.94. The van der Waals surface area contributed by atoms with E-state index in [4.69, 9.17) is 4.74 Å². The number of benzene rings is 1. The van der Waals surface area contributed by atoms with Crippen molar-refractivity contribution in [3.05, 3.63) is 64.5 Å². The third-order valence-corrected chi connectivity index (χ3v) is 4.95. The average Bonchev–Trinajstić information content (AvgIpc) is 2.71. The second kappa shape index (κ2) is 8.80. The molecule has 5 heteroatoms. The number of hydrogen-bond donors (Lipinski definition) is 1. The second-order valence-corrected chi connectivity index (χ2v) is 6.80. The first-order chi connectivity index (χ1) is 13.1. The van der Waals surface area contributed by atoms with Gasteiger partial charge in [0.25, 0.3) is 5.91 Å². The summed E-state index contributed by atoms with van der Waals surface area (Å²) in [7, 11) is 0. The van der Waals surface area contributed by atoms with Crippen molar-refractivity contribution in [2.75, 3.05) is 6.61 Å². The Hall–Kier alpha value is -2.69. The van der Waals surface area contributed by atoms with Crippen LogP contribution in [0, 0.1) is 0 Å². The molecule has 1 aromatic heterocycles. The molecule has 1 aliphatic rings. The van der Waals surface area contributed by atoms with Gasteiger partial charge in [-0.2, -0.15) is 0 Å². The van der Waals surface area contributed by atoms with Gasteiger partial charge in [-0.1, -0.05) is 31.2 Å². The van der Waals surface area contributed by atoms with Crippen molar-refractivity contribution < 1.29 is 14.3 Å². The summed E-state index contributed by atoms with van der Waals surface area (Å²) >= 11 is 0. The molecule has 0 bridgehead atoms. The second-order valence-electron chi connectivity index (χ2n) is 6.80. The van der Waals surface area contributed by atoms with Gasteiger partial charge in [-0.3, -0.25) is 4.79 Å². The van der Waals surface area contributed by atoms with Crippen LogP contribution in [0.4, 0.5) is 0 Å². The third kappa shape index (κ3) is 4.54. The van der Waals surface area contributed by atoms with Crippen molar-refractivity contribution >= 4 is 11.9 Å². The normalized spacial score (nSPS) is 14.1. The van der Waals surface area contributed by atoms with Crippen LogP contribution in [0.5, 0.6) is 0 Å². The molecule has 0 spiro atoms. The van der Waals surface area contributed by atoms with Gasteiger partial charge in [0, 0.05) is 0 Å². The first-order valence-electron chi connectivity index (χ1n) is 9.69. The zero-order valence-electron chi connectivity index (χ0n) is 16.0. The molecule has 1 unspecified atom stereocenters. The highest BCUT2D eigenvalue weighted by Crippen LogP contribution is 2.26. The molecular formula is C22H26N2O3. The van der Waals surface area contributed by atoms with Gasteiger partial charge in [-0.25, -0.2) is 9.78 Å². The fourth-order valence-corrected chi connectivity index (χ4v) is 3.50. The van der Waals surface area contributed by atoms with E-state index in [-0.39, 0.29) is 29.9 Å². The molecule has 1 heterocycles. The Balaban J connectivity index is 1.76. The number of aryl methyl sites for hydroxylation is 2. The standard InChI is InChI=1S/C22H26N2O3/c1-3-18(17-13-12-15-8-5-6-9-16(15)14-17)24-21(25)19-10-7-11-20(23-19)22(26)27-4-2/h7,10-14,18H,3-6,8-9H2,1-2H3,(H,24,25). The Morgan fingerprint density at radius 2 is 1.81 bits per heavy atom. The van der Waals surface area contributed by atoms with Crippen LogP contribution in [0.15, 0.2) is 36.4 Å². The number of aromatic nitrogens is 1. The van der Waals surface area contributed by atoms with Crippen molar-refractivity contribution in [2.45, 2.75) is 52.0 Å². The monoisotopic (exact) mass is 366 g/mol. The van der Waals surface area contributed by atoms with Gasteiger partial charge in [0.1, 0.15) is 11.4 Å². The van der Waals surface area contributed by atoms with Crippen LogP contribution in [-0.4, -0.2) is 23.5 Å². The summed E-state index contributed by atoms with van der Waals surface area (Å²) in [5.41, 5.74) is 4.31. The lowest BCUT2D eigenvalue weighted by molar-refractivity contribution is 0.0519. The summed E-state index contributed by atoms with van der Waals surface area (Å²) in [6.07, 6.45) is 5.51. The maximum atomic E-state index is 12.7. The van der Waals surface area contributed by atoms with Crippen LogP contribution in [0.1, 0.15) is 76.8 Å². The molecule has 0 radical (unpaired) electrons. The molecule has 2 aromatic rings. The van der Waals surface area contributed by atoms with E-state index in [1.54, 1.807) is 25.1 Å². The molecular weight excluding hydrogens is 340 g/mol. The number of pyridine rings is 1. The summed E-state index contributed by atoms with van der Waals surface area (Å²) in [5.74, 6) is -0.806. The molecule has 0 saturated heterocycles. The lowest BCUT2D eigenvalue weighted by Crippen LogP contribution is -2.29. The number of amides is 1. The smallest absolute Gasteiger partial charge is 0.356 e. The number of nitrogens with one attached hydrogen (secondary N) is 1. The summed E-state index contributed by atoms with van der Waals surface area (Å²) in [5, 5.41) is 3.05. The van der Waals surface area contributed by atoms with Gasteiger partial charge in [-0.05, 0) is 67.9 Å². The number of hydrogen-bond acceptors (Lipinski definition) is 4. The van der Waals surface area contributed by atoms with Crippen molar-refractivity contribution in [3.8, 4) is 0 Å². The molecule has 1 aromatic carbocycles. The van der Waals surface area contributed by atoms with E-state index in [9.17, 15) is 9.59 Å². The van der Waals surface area contributed by atoms with Crippen LogP contribution in [-0.2, 0) is 17.6 Å². The van der Waals surface area contributed by atoms with Gasteiger partial charge in [-0.15, -0.1) is 0 Å². The largest absolute Gasteiger partial charge is 0.461 e. The zero-order valence-corrected chi connectivity index (χ0v) is 16.0. The number of fused-ring (bicyclic) bond motifs is 1. The van der Waals surface area contributed by atoms with Gasteiger partial charge < -0.3 is 10.1 Å². The maximum Gasteiger partial charge on any atom is 0.356 e. The summed E-state index contributed by atoms with van der Waals surface area (Å²) in [6, 6.07) is 11.3. The van der Waals surface area contributed by atoms with Crippen LogP contribution in [0.3, 0.4) is 0 Å². The topological polar surface area (TPSA) is 68.3 Å².